The third-order valence-corrected chi connectivity index (χ3v) is 3.56. The summed E-state index contributed by atoms with van der Waals surface area (Å²) >= 11 is 1.85. The molecule has 0 aromatic rings. The zero-order valence-electron chi connectivity index (χ0n) is 8.01. The number of hydrogen-bond donors (Lipinski definition) is 0. The van der Waals surface area contributed by atoms with Crippen LogP contribution in [-0.2, 0) is 4.79 Å². The van der Waals surface area contributed by atoms with Gasteiger partial charge in [0, 0.05) is 6.42 Å². The fourth-order valence-corrected chi connectivity index (χ4v) is 2.83. The highest BCUT2D eigenvalue weighted by Gasteiger charge is 2.21. The first kappa shape index (κ1) is 10.1. The minimum Gasteiger partial charge on any atom is -0.298 e. The van der Waals surface area contributed by atoms with Crippen molar-refractivity contribution in [3.05, 3.63) is 0 Å². The highest BCUT2D eigenvalue weighted by molar-refractivity contribution is 8.01. The Bertz CT molecular complexity index is 154. The van der Waals surface area contributed by atoms with Gasteiger partial charge >= 0.3 is 0 Å². The molecule has 1 nitrogen and oxygen atoms in total. The molecule has 2 heteroatoms. The summed E-state index contributed by atoms with van der Waals surface area (Å²) in [5.74, 6) is 0.492. The van der Waals surface area contributed by atoms with Crippen molar-refractivity contribution in [3.63, 3.8) is 0 Å². The molecule has 1 aliphatic rings. The van der Waals surface area contributed by atoms with Crippen LogP contribution in [0.25, 0.3) is 0 Å². The number of thioether (sulfide) groups is 1. The lowest BCUT2D eigenvalue weighted by atomic mass is 10.2. The number of rotatable bonds is 2. The van der Waals surface area contributed by atoms with E-state index >= 15 is 0 Å². The van der Waals surface area contributed by atoms with E-state index < -0.39 is 0 Å². The molecule has 1 aliphatic carbocycles. The van der Waals surface area contributed by atoms with Crippen molar-refractivity contribution in [3.8, 4) is 0 Å². The summed E-state index contributed by atoms with van der Waals surface area (Å²) in [4.78, 5) is 11.5. The Hall–Kier alpha value is 0.0200. The van der Waals surface area contributed by atoms with Gasteiger partial charge in [-0.15, -0.1) is 11.8 Å². The predicted molar refractivity (Wildman–Crippen MR) is 54.6 cm³/mol. The first-order chi connectivity index (χ1) is 5.70. The molecular weight excluding hydrogens is 168 g/mol. The molecule has 0 aromatic carbocycles. The first-order valence-corrected chi connectivity index (χ1v) is 5.82. The van der Waals surface area contributed by atoms with E-state index in [-0.39, 0.29) is 0 Å². The van der Waals surface area contributed by atoms with E-state index in [1.165, 1.54) is 12.8 Å². The molecule has 1 rings (SSSR count). The summed E-state index contributed by atoms with van der Waals surface area (Å²) in [6, 6.07) is 0. The quantitative estimate of drug-likeness (QED) is 0.617. The smallest absolute Gasteiger partial charge is 0.145 e. The molecule has 0 aliphatic heterocycles. The van der Waals surface area contributed by atoms with Crippen LogP contribution in [0, 0.1) is 0 Å². The third kappa shape index (κ3) is 3.18. The monoisotopic (exact) mass is 186 g/mol. The second-order valence-electron chi connectivity index (χ2n) is 3.74. The second kappa shape index (κ2) is 4.90. The van der Waals surface area contributed by atoms with E-state index in [2.05, 4.69) is 13.8 Å². The fraction of sp³-hybridized carbons (Fsp3) is 0.900. The Kier molecular flexibility index (Phi) is 4.13. The van der Waals surface area contributed by atoms with Crippen LogP contribution in [0.4, 0.5) is 0 Å². The standard InChI is InChI=1S/C10H18OS/c1-8(2)12-10-7-5-3-4-6-9(10)11/h8,10H,3-7H2,1-2H3. The van der Waals surface area contributed by atoms with Gasteiger partial charge in [0.05, 0.1) is 5.25 Å². The van der Waals surface area contributed by atoms with Crippen molar-refractivity contribution in [1.82, 2.24) is 0 Å². The highest BCUT2D eigenvalue weighted by Crippen LogP contribution is 2.27. The molecule has 0 saturated heterocycles. The highest BCUT2D eigenvalue weighted by atomic mass is 32.2. The van der Waals surface area contributed by atoms with Gasteiger partial charge < -0.3 is 0 Å². The van der Waals surface area contributed by atoms with E-state index in [0.29, 0.717) is 16.3 Å². The van der Waals surface area contributed by atoms with E-state index in [1.54, 1.807) is 0 Å². The maximum atomic E-state index is 11.5. The van der Waals surface area contributed by atoms with Crippen LogP contribution >= 0.6 is 11.8 Å². The molecule has 70 valence electrons. The summed E-state index contributed by atoms with van der Waals surface area (Å²) in [7, 11) is 0. The van der Waals surface area contributed by atoms with Gasteiger partial charge in [0.1, 0.15) is 5.78 Å². The molecule has 1 atom stereocenters. The normalized spacial score (nSPS) is 25.9. The van der Waals surface area contributed by atoms with Gasteiger partial charge in [0.2, 0.25) is 0 Å². The van der Waals surface area contributed by atoms with Crippen molar-refractivity contribution in [2.24, 2.45) is 0 Å². The summed E-state index contributed by atoms with van der Waals surface area (Å²) in [6.07, 6.45) is 5.55. The Morgan fingerprint density at radius 3 is 2.75 bits per heavy atom. The van der Waals surface area contributed by atoms with Gasteiger partial charge in [0.15, 0.2) is 0 Å². The SMILES string of the molecule is CC(C)SC1CCCCCC1=O. The maximum Gasteiger partial charge on any atom is 0.145 e. The van der Waals surface area contributed by atoms with E-state index in [1.807, 2.05) is 11.8 Å². The number of Topliss-reactive ketones (excluding diaryl/α,β-unsaturated/α-hetero) is 1. The minimum atomic E-state index is 0.312. The molecule has 1 fully saturated rings. The zero-order valence-corrected chi connectivity index (χ0v) is 8.82. The molecule has 0 aromatic heterocycles. The first-order valence-electron chi connectivity index (χ1n) is 4.88. The van der Waals surface area contributed by atoms with Crippen LogP contribution in [0.3, 0.4) is 0 Å². The average molecular weight is 186 g/mol. The molecule has 0 amide bonds. The van der Waals surface area contributed by atoms with Gasteiger partial charge in [-0.25, -0.2) is 0 Å². The Labute approximate surface area is 79.3 Å². The summed E-state index contributed by atoms with van der Waals surface area (Å²) in [5, 5.41) is 0.907. The summed E-state index contributed by atoms with van der Waals surface area (Å²) in [6.45, 7) is 4.34. The molecule has 0 spiro atoms. The minimum absolute atomic E-state index is 0.312. The number of ketones is 1. The lowest BCUT2D eigenvalue weighted by molar-refractivity contribution is -0.118. The average Bonchev–Trinajstić information content (AvgIpc) is 2.16. The lowest BCUT2D eigenvalue weighted by Gasteiger charge is -2.14. The van der Waals surface area contributed by atoms with E-state index in [9.17, 15) is 4.79 Å². The van der Waals surface area contributed by atoms with Crippen molar-refractivity contribution < 1.29 is 4.79 Å². The van der Waals surface area contributed by atoms with Crippen molar-refractivity contribution >= 4 is 17.5 Å². The maximum absolute atomic E-state index is 11.5. The topological polar surface area (TPSA) is 17.1 Å². The number of carbonyl (C=O) groups is 1. The van der Waals surface area contributed by atoms with Crippen molar-refractivity contribution in [2.45, 2.75) is 56.5 Å². The number of carbonyl (C=O) groups excluding carboxylic acids is 1. The molecule has 0 heterocycles. The molecular formula is C10H18OS. The lowest BCUT2D eigenvalue weighted by Crippen LogP contribution is -2.17. The van der Waals surface area contributed by atoms with Crippen LogP contribution in [0.1, 0.15) is 46.0 Å². The van der Waals surface area contributed by atoms with Crippen LogP contribution < -0.4 is 0 Å². The Morgan fingerprint density at radius 1 is 1.33 bits per heavy atom. The van der Waals surface area contributed by atoms with Crippen molar-refractivity contribution in [1.29, 1.82) is 0 Å². The van der Waals surface area contributed by atoms with Gasteiger partial charge in [-0.1, -0.05) is 26.7 Å². The third-order valence-electron chi connectivity index (χ3n) is 2.19. The number of hydrogen-bond acceptors (Lipinski definition) is 2. The van der Waals surface area contributed by atoms with Crippen LogP contribution in [0.2, 0.25) is 0 Å². The van der Waals surface area contributed by atoms with Crippen LogP contribution in [-0.4, -0.2) is 16.3 Å². The molecule has 0 bridgehead atoms. The van der Waals surface area contributed by atoms with Crippen LogP contribution in [0.5, 0.6) is 0 Å². The molecule has 1 unspecified atom stereocenters. The Balaban J connectivity index is 2.42. The van der Waals surface area contributed by atoms with Crippen LogP contribution in [0.15, 0.2) is 0 Å². The predicted octanol–water partition coefficient (Wildman–Crippen LogP) is 3.03. The van der Waals surface area contributed by atoms with E-state index in [0.717, 1.165) is 19.3 Å². The van der Waals surface area contributed by atoms with Crippen molar-refractivity contribution in [2.75, 3.05) is 0 Å². The van der Waals surface area contributed by atoms with Gasteiger partial charge in [0.25, 0.3) is 0 Å². The largest absolute Gasteiger partial charge is 0.298 e. The zero-order chi connectivity index (χ0) is 8.97. The molecule has 0 radical (unpaired) electrons. The van der Waals surface area contributed by atoms with E-state index in [4.69, 9.17) is 0 Å². The molecule has 12 heavy (non-hydrogen) atoms. The Morgan fingerprint density at radius 2 is 2.08 bits per heavy atom. The van der Waals surface area contributed by atoms with Gasteiger partial charge in [-0.05, 0) is 18.1 Å². The summed E-state index contributed by atoms with van der Waals surface area (Å²) < 4.78 is 0. The molecule has 0 N–H and O–H groups in total. The second-order valence-corrected chi connectivity index (χ2v) is 5.52. The molecule has 1 saturated carbocycles. The summed E-state index contributed by atoms with van der Waals surface area (Å²) in [5.41, 5.74) is 0. The van der Waals surface area contributed by atoms with Gasteiger partial charge in [-0.2, -0.15) is 0 Å². The van der Waals surface area contributed by atoms with Gasteiger partial charge in [-0.3, -0.25) is 4.79 Å². The fourth-order valence-electron chi connectivity index (χ4n) is 1.60.